The number of methoxy groups -OCH3 is 1. The van der Waals surface area contributed by atoms with Crippen LogP contribution in [0.3, 0.4) is 0 Å². The lowest BCUT2D eigenvalue weighted by molar-refractivity contribution is 0.0707. The van der Waals surface area contributed by atoms with Crippen molar-refractivity contribution >= 4 is 17.5 Å². The van der Waals surface area contributed by atoms with E-state index in [-0.39, 0.29) is 22.6 Å². The van der Waals surface area contributed by atoms with Crippen molar-refractivity contribution in [1.29, 1.82) is 0 Å². The quantitative estimate of drug-likeness (QED) is 0.782. The Morgan fingerprint density at radius 1 is 1.17 bits per heavy atom. The van der Waals surface area contributed by atoms with Crippen LogP contribution in [0.1, 0.15) is 35.7 Å². The van der Waals surface area contributed by atoms with Gasteiger partial charge in [0.1, 0.15) is 17.6 Å². The zero-order chi connectivity index (χ0) is 16.2. The van der Waals surface area contributed by atoms with Gasteiger partial charge in [-0.3, -0.25) is 4.79 Å². The number of hydrogen-bond acceptors (Lipinski definition) is 4. The normalized spacial score (nSPS) is 24.0. The molecular weight excluding hydrogens is 308 g/mol. The minimum Gasteiger partial charge on any atom is -0.497 e. The summed E-state index contributed by atoms with van der Waals surface area (Å²) in [6.45, 7) is 4.29. The van der Waals surface area contributed by atoms with Gasteiger partial charge in [-0.2, -0.15) is 0 Å². The average Bonchev–Trinajstić information content (AvgIpc) is 2.54. The fraction of sp³-hybridized carbons (Fsp3) is 0.316. The molecule has 0 saturated heterocycles. The number of benzene rings is 2. The van der Waals surface area contributed by atoms with Crippen LogP contribution in [0.2, 0.25) is 0 Å². The van der Waals surface area contributed by atoms with Crippen LogP contribution in [-0.2, 0) is 0 Å². The van der Waals surface area contributed by atoms with Gasteiger partial charge in [-0.05, 0) is 37.6 Å². The Labute approximate surface area is 140 Å². The molecule has 0 radical (unpaired) electrons. The van der Waals surface area contributed by atoms with Crippen LogP contribution in [0.4, 0.5) is 0 Å². The largest absolute Gasteiger partial charge is 0.497 e. The molecule has 2 aliphatic heterocycles. The zero-order valence-corrected chi connectivity index (χ0v) is 14.1. The fourth-order valence-corrected chi connectivity index (χ4v) is 4.79. The molecule has 0 aliphatic carbocycles. The summed E-state index contributed by atoms with van der Waals surface area (Å²) in [5.74, 6) is 1.23. The van der Waals surface area contributed by atoms with Gasteiger partial charge in [-0.25, -0.2) is 0 Å². The SMILES string of the molecule is COc1ccc2c(c1)O[C@H]1[C@@H](C2=O)c2ccccc2SC1(C)C. The predicted octanol–water partition coefficient (Wildman–Crippen LogP) is 4.31. The molecule has 0 N–H and O–H groups in total. The predicted molar refractivity (Wildman–Crippen MR) is 90.9 cm³/mol. The molecule has 0 spiro atoms. The van der Waals surface area contributed by atoms with E-state index in [0.29, 0.717) is 17.1 Å². The molecule has 0 fully saturated rings. The molecule has 2 heterocycles. The topological polar surface area (TPSA) is 35.5 Å². The van der Waals surface area contributed by atoms with Crippen LogP contribution < -0.4 is 9.47 Å². The summed E-state index contributed by atoms with van der Waals surface area (Å²) in [6.07, 6.45) is -0.186. The monoisotopic (exact) mass is 326 g/mol. The first kappa shape index (κ1) is 14.6. The Morgan fingerprint density at radius 2 is 1.96 bits per heavy atom. The zero-order valence-electron chi connectivity index (χ0n) is 13.3. The number of carbonyl (C=O) groups is 1. The highest BCUT2D eigenvalue weighted by atomic mass is 32.2. The first-order valence-electron chi connectivity index (χ1n) is 7.68. The van der Waals surface area contributed by atoms with E-state index < -0.39 is 0 Å². The van der Waals surface area contributed by atoms with Gasteiger partial charge < -0.3 is 9.47 Å². The van der Waals surface area contributed by atoms with Crippen LogP contribution in [0, 0.1) is 0 Å². The van der Waals surface area contributed by atoms with Crippen LogP contribution in [0.5, 0.6) is 11.5 Å². The van der Waals surface area contributed by atoms with Gasteiger partial charge in [0, 0.05) is 11.0 Å². The summed E-state index contributed by atoms with van der Waals surface area (Å²) in [4.78, 5) is 14.3. The van der Waals surface area contributed by atoms with Gasteiger partial charge in [0.15, 0.2) is 5.78 Å². The maximum Gasteiger partial charge on any atom is 0.177 e. The van der Waals surface area contributed by atoms with Crippen LogP contribution in [0.25, 0.3) is 0 Å². The van der Waals surface area contributed by atoms with E-state index in [1.807, 2.05) is 36.4 Å². The highest BCUT2D eigenvalue weighted by Crippen LogP contribution is 2.53. The van der Waals surface area contributed by atoms with Crippen LogP contribution >= 0.6 is 11.8 Å². The van der Waals surface area contributed by atoms with Gasteiger partial charge >= 0.3 is 0 Å². The maximum atomic E-state index is 13.2. The van der Waals surface area contributed by atoms with E-state index in [1.54, 1.807) is 18.9 Å². The van der Waals surface area contributed by atoms with Crippen LogP contribution in [-0.4, -0.2) is 23.7 Å². The molecule has 2 aromatic rings. The molecule has 4 rings (SSSR count). The van der Waals surface area contributed by atoms with E-state index in [9.17, 15) is 4.79 Å². The molecule has 0 unspecified atom stereocenters. The lowest BCUT2D eigenvalue weighted by atomic mass is 9.78. The standard InChI is InChI=1S/C19H18O3S/c1-19(2)18-16(13-6-4-5-7-15(13)23-19)17(20)12-9-8-11(21-3)10-14(12)22-18/h4-10,16,18H,1-3H3/t16-,18+/m1/s1. The number of thioether (sulfide) groups is 1. The maximum absolute atomic E-state index is 13.2. The van der Waals surface area contributed by atoms with E-state index in [0.717, 1.165) is 5.56 Å². The highest BCUT2D eigenvalue weighted by molar-refractivity contribution is 8.00. The Morgan fingerprint density at radius 3 is 2.74 bits per heavy atom. The second-order valence-corrected chi connectivity index (χ2v) is 8.18. The van der Waals surface area contributed by atoms with Crippen molar-refractivity contribution in [3.63, 3.8) is 0 Å². The number of rotatable bonds is 1. The van der Waals surface area contributed by atoms with Crippen molar-refractivity contribution in [2.24, 2.45) is 0 Å². The molecule has 0 bridgehead atoms. The molecule has 0 amide bonds. The smallest absolute Gasteiger partial charge is 0.177 e. The first-order chi connectivity index (χ1) is 11.0. The van der Waals surface area contributed by atoms with Gasteiger partial charge in [-0.15, -0.1) is 11.8 Å². The van der Waals surface area contributed by atoms with Crippen molar-refractivity contribution in [3.05, 3.63) is 53.6 Å². The Bertz CT molecular complexity index is 797. The molecule has 118 valence electrons. The molecule has 2 aromatic carbocycles. The molecule has 2 aliphatic rings. The second kappa shape index (κ2) is 5.03. The summed E-state index contributed by atoms with van der Waals surface area (Å²) in [5.41, 5.74) is 1.72. The van der Waals surface area contributed by atoms with E-state index >= 15 is 0 Å². The lowest BCUT2D eigenvalue weighted by Crippen LogP contribution is -2.50. The third kappa shape index (κ3) is 2.16. The van der Waals surface area contributed by atoms with E-state index in [4.69, 9.17) is 9.47 Å². The van der Waals surface area contributed by atoms with Gasteiger partial charge in [0.05, 0.1) is 23.3 Å². The average molecular weight is 326 g/mol. The summed E-state index contributed by atoms with van der Waals surface area (Å²) in [6, 6.07) is 13.6. The van der Waals surface area contributed by atoms with Gasteiger partial charge in [0.25, 0.3) is 0 Å². The molecular formula is C19H18O3S. The second-order valence-electron chi connectivity index (χ2n) is 6.49. The Kier molecular flexibility index (Phi) is 3.20. The Hall–Kier alpha value is -1.94. The third-order valence-electron chi connectivity index (χ3n) is 4.61. The first-order valence-corrected chi connectivity index (χ1v) is 8.50. The highest BCUT2D eigenvalue weighted by Gasteiger charge is 2.50. The minimum absolute atomic E-state index is 0.139. The molecule has 2 atom stereocenters. The van der Waals surface area contributed by atoms with Crippen molar-refractivity contribution in [1.82, 2.24) is 0 Å². The van der Waals surface area contributed by atoms with Gasteiger partial charge in [-0.1, -0.05) is 18.2 Å². The van der Waals surface area contributed by atoms with Crippen molar-refractivity contribution in [2.45, 2.75) is 35.5 Å². The number of carbonyl (C=O) groups excluding carboxylic acids is 1. The summed E-state index contributed by atoms with van der Waals surface area (Å²) >= 11 is 1.78. The van der Waals surface area contributed by atoms with Crippen LogP contribution in [0.15, 0.2) is 47.4 Å². The molecule has 3 nitrogen and oxygen atoms in total. The number of Topliss-reactive ketones (excluding diaryl/α,β-unsaturated/α-hetero) is 1. The number of fused-ring (bicyclic) bond motifs is 4. The van der Waals surface area contributed by atoms with Gasteiger partial charge in [0.2, 0.25) is 0 Å². The van der Waals surface area contributed by atoms with Crippen molar-refractivity contribution in [2.75, 3.05) is 7.11 Å². The number of ether oxygens (including phenoxy) is 2. The Balaban J connectivity index is 1.89. The molecule has 4 heteroatoms. The number of hydrogen-bond donors (Lipinski definition) is 0. The molecule has 23 heavy (non-hydrogen) atoms. The lowest BCUT2D eigenvalue weighted by Gasteiger charge is -2.45. The fourth-order valence-electron chi connectivity index (χ4n) is 3.46. The summed E-state index contributed by atoms with van der Waals surface area (Å²) in [7, 11) is 1.62. The summed E-state index contributed by atoms with van der Waals surface area (Å²) < 4.78 is 11.4. The van der Waals surface area contributed by atoms with E-state index in [1.165, 1.54) is 4.90 Å². The van der Waals surface area contributed by atoms with Crippen molar-refractivity contribution in [3.8, 4) is 11.5 Å². The summed E-state index contributed by atoms with van der Waals surface area (Å²) in [5, 5.41) is 0. The third-order valence-corrected chi connectivity index (χ3v) is 5.96. The number of ketones is 1. The van der Waals surface area contributed by atoms with Crippen molar-refractivity contribution < 1.29 is 14.3 Å². The van der Waals surface area contributed by atoms with E-state index in [2.05, 4.69) is 19.9 Å². The molecule has 0 aromatic heterocycles. The molecule has 0 saturated carbocycles. The minimum atomic E-state index is -0.247.